The van der Waals surface area contributed by atoms with E-state index in [4.69, 9.17) is 11.6 Å². The zero-order chi connectivity index (χ0) is 21.0. The Kier molecular flexibility index (Phi) is 6.49. The molecule has 1 atom stereocenters. The van der Waals surface area contributed by atoms with Gasteiger partial charge in [-0.15, -0.1) is 0 Å². The van der Waals surface area contributed by atoms with Crippen molar-refractivity contribution < 1.29 is 22.8 Å². The number of nitrogens with one attached hydrogen (secondary N) is 2. The molecule has 0 spiro atoms. The maximum absolute atomic E-state index is 13.0. The third kappa shape index (κ3) is 5.74. The summed E-state index contributed by atoms with van der Waals surface area (Å²) < 4.78 is 38.9. The van der Waals surface area contributed by atoms with E-state index >= 15 is 0 Å². The fourth-order valence-electron chi connectivity index (χ4n) is 2.55. The van der Waals surface area contributed by atoms with Crippen molar-refractivity contribution in [3.8, 4) is 0 Å². The highest BCUT2D eigenvalue weighted by molar-refractivity contribution is 8.15. The molecule has 5 nitrogen and oxygen atoms in total. The summed E-state index contributed by atoms with van der Waals surface area (Å²) in [6.07, 6.45) is -4.69. The van der Waals surface area contributed by atoms with Crippen molar-refractivity contribution in [2.24, 2.45) is 4.99 Å². The van der Waals surface area contributed by atoms with Crippen molar-refractivity contribution in [1.29, 1.82) is 0 Å². The Hall–Kier alpha value is -2.52. The Morgan fingerprint density at radius 2 is 1.93 bits per heavy atom. The van der Waals surface area contributed by atoms with Crippen molar-refractivity contribution in [2.45, 2.75) is 24.4 Å². The molecule has 0 aliphatic carbocycles. The zero-order valence-electron chi connectivity index (χ0n) is 14.8. The van der Waals surface area contributed by atoms with Gasteiger partial charge in [-0.25, -0.2) is 4.99 Å². The Labute approximate surface area is 173 Å². The number of carbonyl (C=O) groups is 2. The number of aliphatic imine (C=N–C) groups is 1. The SMILES string of the molecule is O=C(C[C@@H]1SC(=Nc2ccc(Cl)c(C(F)(F)F)c2)NC1=O)NCc1ccccc1. The third-order valence-electron chi connectivity index (χ3n) is 3.97. The Morgan fingerprint density at radius 1 is 1.21 bits per heavy atom. The minimum absolute atomic E-state index is 0.00120. The van der Waals surface area contributed by atoms with E-state index in [2.05, 4.69) is 15.6 Å². The summed E-state index contributed by atoms with van der Waals surface area (Å²) in [7, 11) is 0. The number of carbonyl (C=O) groups excluding carboxylic acids is 2. The van der Waals surface area contributed by atoms with E-state index in [1.807, 2.05) is 30.3 Å². The summed E-state index contributed by atoms with van der Waals surface area (Å²) in [6.45, 7) is 0.338. The fraction of sp³-hybridized carbons (Fsp3) is 0.211. The molecule has 2 amide bonds. The first-order valence-corrected chi connectivity index (χ1v) is 9.72. The molecule has 2 N–H and O–H groups in total. The van der Waals surface area contributed by atoms with E-state index in [0.29, 0.717) is 6.54 Å². The van der Waals surface area contributed by atoms with Crippen LogP contribution in [-0.2, 0) is 22.3 Å². The first kappa shape index (κ1) is 21.2. The average molecular weight is 442 g/mol. The van der Waals surface area contributed by atoms with Gasteiger partial charge in [-0.1, -0.05) is 53.7 Å². The molecule has 0 aromatic heterocycles. The third-order valence-corrected chi connectivity index (χ3v) is 5.38. The Morgan fingerprint density at radius 3 is 2.62 bits per heavy atom. The number of halogens is 4. The summed E-state index contributed by atoms with van der Waals surface area (Å²) in [5, 5.41) is 4.20. The lowest BCUT2D eigenvalue weighted by Crippen LogP contribution is -2.31. The highest BCUT2D eigenvalue weighted by Gasteiger charge is 2.34. The number of rotatable bonds is 5. The maximum Gasteiger partial charge on any atom is 0.417 e. The van der Waals surface area contributed by atoms with Gasteiger partial charge >= 0.3 is 6.18 Å². The Balaban J connectivity index is 1.62. The summed E-state index contributed by atoms with van der Waals surface area (Å²) in [4.78, 5) is 28.2. The van der Waals surface area contributed by atoms with Gasteiger partial charge in [-0.3, -0.25) is 9.59 Å². The largest absolute Gasteiger partial charge is 0.417 e. The van der Waals surface area contributed by atoms with Gasteiger partial charge in [0.1, 0.15) is 5.25 Å². The van der Waals surface area contributed by atoms with E-state index in [-0.39, 0.29) is 23.2 Å². The lowest BCUT2D eigenvalue weighted by Gasteiger charge is -2.09. The quantitative estimate of drug-likeness (QED) is 0.727. The molecule has 2 aromatic rings. The van der Waals surface area contributed by atoms with Crippen LogP contribution in [0.15, 0.2) is 53.5 Å². The molecule has 2 aromatic carbocycles. The second-order valence-corrected chi connectivity index (χ2v) is 7.74. The van der Waals surface area contributed by atoms with Crippen LogP contribution >= 0.6 is 23.4 Å². The molecular weight excluding hydrogens is 427 g/mol. The number of hydrogen-bond acceptors (Lipinski definition) is 4. The number of nitrogens with zero attached hydrogens (tertiary/aromatic N) is 1. The molecule has 0 unspecified atom stereocenters. The van der Waals surface area contributed by atoms with Gasteiger partial charge in [-0.05, 0) is 23.8 Å². The number of thioether (sulfide) groups is 1. The van der Waals surface area contributed by atoms with Crippen LogP contribution in [0, 0.1) is 0 Å². The smallest absolute Gasteiger partial charge is 0.352 e. The van der Waals surface area contributed by atoms with Gasteiger partial charge in [0, 0.05) is 13.0 Å². The summed E-state index contributed by atoms with van der Waals surface area (Å²) in [5.74, 6) is -0.734. The van der Waals surface area contributed by atoms with Gasteiger partial charge in [0.25, 0.3) is 0 Å². The predicted octanol–water partition coefficient (Wildman–Crippen LogP) is 4.28. The monoisotopic (exact) mass is 441 g/mol. The Bertz CT molecular complexity index is 951. The molecule has 0 saturated carbocycles. The van der Waals surface area contributed by atoms with Crippen molar-refractivity contribution in [3.63, 3.8) is 0 Å². The molecule has 1 aliphatic rings. The van der Waals surface area contributed by atoms with Crippen LogP contribution in [0.25, 0.3) is 0 Å². The molecule has 1 heterocycles. The van der Waals surface area contributed by atoms with Crippen molar-refractivity contribution >= 4 is 46.0 Å². The number of alkyl halides is 3. The van der Waals surface area contributed by atoms with E-state index in [1.165, 1.54) is 6.07 Å². The van der Waals surface area contributed by atoms with Crippen LogP contribution in [0.2, 0.25) is 5.02 Å². The number of hydrogen-bond donors (Lipinski definition) is 2. The topological polar surface area (TPSA) is 70.6 Å². The van der Waals surface area contributed by atoms with Gasteiger partial charge in [0.15, 0.2) is 5.17 Å². The molecule has 10 heteroatoms. The molecule has 152 valence electrons. The molecule has 1 aliphatic heterocycles. The maximum atomic E-state index is 13.0. The average Bonchev–Trinajstić information content (AvgIpc) is 3.00. The second-order valence-electron chi connectivity index (χ2n) is 6.14. The molecule has 0 radical (unpaired) electrons. The van der Waals surface area contributed by atoms with Gasteiger partial charge in [0.05, 0.1) is 16.3 Å². The predicted molar refractivity (Wildman–Crippen MR) is 106 cm³/mol. The van der Waals surface area contributed by atoms with Crippen molar-refractivity contribution in [2.75, 3.05) is 0 Å². The van der Waals surface area contributed by atoms with Crippen LogP contribution < -0.4 is 10.6 Å². The first-order valence-electron chi connectivity index (χ1n) is 8.46. The molecule has 1 fully saturated rings. The molecule has 1 saturated heterocycles. The van der Waals surface area contributed by atoms with Gasteiger partial charge in [-0.2, -0.15) is 13.2 Å². The molecule has 3 rings (SSSR count). The summed E-state index contributed by atoms with van der Waals surface area (Å²) >= 11 is 6.58. The van der Waals surface area contributed by atoms with Crippen LogP contribution in [-0.4, -0.2) is 22.2 Å². The normalized spacial score (nSPS) is 18.0. The van der Waals surface area contributed by atoms with Gasteiger partial charge in [0.2, 0.25) is 11.8 Å². The van der Waals surface area contributed by atoms with E-state index < -0.39 is 27.9 Å². The fourth-order valence-corrected chi connectivity index (χ4v) is 3.76. The number of amides is 2. The number of benzene rings is 2. The van der Waals surface area contributed by atoms with E-state index in [1.54, 1.807) is 0 Å². The highest BCUT2D eigenvalue weighted by Crippen LogP contribution is 2.37. The molecule has 29 heavy (non-hydrogen) atoms. The highest BCUT2D eigenvalue weighted by atomic mass is 35.5. The minimum Gasteiger partial charge on any atom is -0.352 e. The van der Waals surface area contributed by atoms with E-state index in [9.17, 15) is 22.8 Å². The van der Waals surface area contributed by atoms with Gasteiger partial charge < -0.3 is 10.6 Å². The first-order chi connectivity index (χ1) is 13.7. The van der Waals surface area contributed by atoms with E-state index in [0.717, 1.165) is 29.5 Å². The number of amidine groups is 1. The lowest BCUT2D eigenvalue weighted by atomic mass is 10.2. The second kappa shape index (κ2) is 8.87. The van der Waals surface area contributed by atoms with Crippen molar-refractivity contribution in [3.05, 3.63) is 64.7 Å². The molecule has 0 bridgehead atoms. The molecular formula is C19H15ClF3N3O2S. The van der Waals surface area contributed by atoms with Crippen LogP contribution in [0.3, 0.4) is 0 Å². The van der Waals surface area contributed by atoms with Crippen LogP contribution in [0.1, 0.15) is 17.5 Å². The summed E-state index contributed by atoms with van der Waals surface area (Å²) in [6, 6.07) is 12.5. The minimum atomic E-state index is -4.61. The zero-order valence-corrected chi connectivity index (χ0v) is 16.4. The van der Waals surface area contributed by atoms with Crippen LogP contribution in [0.5, 0.6) is 0 Å². The standard InChI is InChI=1S/C19H15ClF3N3O2S/c20-14-7-6-12(8-13(14)19(21,22)23)25-18-26-17(28)15(29-18)9-16(27)24-10-11-4-2-1-3-5-11/h1-8,15H,9-10H2,(H,24,27)(H,25,26,28)/t15-/m0/s1. The lowest BCUT2D eigenvalue weighted by molar-refractivity contribution is -0.137. The van der Waals surface area contributed by atoms with Crippen molar-refractivity contribution in [1.82, 2.24) is 10.6 Å². The van der Waals surface area contributed by atoms with Crippen LogP contribution in [0.4, 0.5) is 18.9 Å². The summed E-state index contributed by atoms with van der Waals surface area (Å²) in [5.41, 5.74) is -0.0827.